The lowest BCUT2D eigenvalue weighted by Crippen LogP contribution is -2.29. The van der Waals surface area contributed by atoms with Gasteiger partial charge in [-0.15, -0.1) is 0 Å². The fraction of sp³-hybridized carbons (Fsp3) is 0.400. The highest BCUT2D eigenvalue weighted by Crippen LogP contribution is 2.26. The van der Waals surface area contributed by atoms with Crippen LogP contribution < -0.4 is 9.46 Å². The van der Waals surface area contributed by atoms with E-state index in [2.05, 4.69) is 18.6 Å². The Balaban J connectivity index is 2.03. The number of nitrogens with one attached hydrogen (secondary N) is 1. The van der Waals surface area contributed by atoms with Crippen molar-refractivity contribution in [1.29, 1.82) is 0 Å². The highest BCUT2D eigenvalue weighted by atomic mass is 32.2. The monoisotopic (exact) mass is 361 g/mol. The van der Waals surface area contributed by atoms with E-state index < -0.39 is 10.0 Å². The molecule has 0 bridgehead atoms. The number of benzene rings is 2. The second kappa shape index (κ2) is 8.02. The second-order valence-electron chi connectivity index (χ2n) is 6.67. The molecule has 25 heavy (non-hydrogen) atoms. The van der Waals surface area contributed by atoms with E-state index >= 15 is 0 Å². The van der Waals surface area contributed by atoms with Crippen LogP contribution in [0.15, 0.2) is 41.3 Å². The van der Waals surface area contributed by atoms with Crippen molar-refractivity contribution in [3.63, 3.8) is 0 Å². The van der Waals surface area contributed by atoms with Crippen molar-refractivity contribution in [1.82, 2.24) is 4.72 Å². The molecule has 2 rings (SSSR count). The zero-order valence-corrected chi connectivity index (χ0v) is 16.4. The quantitative estimate of drug-likeness (QED) is 0.756. The van der Waals surface area contributed by atoms with Gasteiger partial charge in [-0.25, -0.2) is 13.1 Å². The van der Waals surface area contributed by atoms with Crippen molar-refractivity contribution >= 4 is 10.0 Å². The van der Waals surface area contributed by atoms with Gasteiger partial charge in [-0.2, -0.15) is 0 Å². The molecule has 0 saturated heterocycles. The van der Waals surface area contributed by atoms with E-state index in [0.29, 0.717) is 10.8 Å². The van der Waals surface area contributed by atoms with Crippen molar-refractivity contribution in [2.24, 2.45) is 0 Å². The van der Waals surface area contributed by atoms with Gasteiger partial charge in [0.2, 0.25) is 10.0 Å². The first kappa shape index (κ1) is 19.5. The lowest BCUT2D eigenvalue weighted by Gasteiger charge is -2.15. The molecule has 2 aromatic carbocycles. The van der Waals surface area contributed by atoms with Crippen molar-refractivity contribution in [2.75, 3.05) is 13.2 Å². The summed E-state index contributed by atoms with van der Waals surface area (Å²) in [6, 6.07) is 11.6. The summed E-state index contributed by atoms with van der Waals surface area (Å²) in [4.78, 5) is 0.362. The highest BCUT2D eigenvalue weighted by Gasteiger charge is 2.19. The molecule has 0 unspecified atom stereocenters. The Hall–Kier alpha value is -1.85. The van der Waals surface area contributed by atoms with Crippen LogP contribution in [-0.4, -0.2) is 21.6 Å². The molecule has 0 amide bonds. The molecule has 0 aliphatic rings. The summed E-state index contributed by atoms with van der Waals surface area (Å²) in [6.45, 7) is 10.3. The minimum absolute atomic E-state index is 0.224. The molecule has 0 aliphatic carbocycles. The Morgan fingerprint density at radius 3 is 2.24 bits per heavy atom. The highest BCUT2D eigenvalue weighted by molar-refractivity contribution is 7.89. The predicted octanol–water partition coefficient (Wildman–Crippen LogP) is 4.09. The van der Waals surface area contributed by atoms with Crippen molar-refractivity contribution < 1.29 is 13.2 Å². The molecule has 0 spiro atoms. The van der Waals surface area contributed by atoms with Crippen molar-refractivity contribution in [3.8, 4) is 5.75 Å². The van der Waals surface area contributed by atoms with Crippen LogP contribution in [0.5, 0.6) is 5.75 Å². The van der Waals surface area contributed by atoms with E-state index in [1.54, 1.807) is 0 Å². The van der Waals surface area contributed by atoms with Crippen LogP contribution in [0.4, 0.5) is 0 Å². The predicted molar refractivity (Wildman–Crippen MR) is 102 cm³/mol. The number of rotatable bonds is 7. The lowest BCUT2D eigenvalue weighted by atomic mass is 10.0. The number of aryl methyl sites for hydroxylation is 3. The molecule has 5 heteroatoms. The Labute approximate surface area is 151 Å². The van der Waals surface area contributed by atoms with E-state index in [-0.39, 0.29) is 13.2 Å². The van der Waals surface area contributed by atoms with E-state index in [1.807, 2.05) is 57.2 Å². The summed E-state index contributed by atoms with van der Waals surface area (Å²) in [7, 11) is -3.55. The summed E-state index contributed by atoms with van der Waals surface area (Å²) >= 11 is 0. The lowest BCUT2D eigenvalue weighted by molar-refractivity contribution is 0.318. The second-order valence-corrected chi connectivity index (χ2v) is 8.37. The van der Waals surface area contributed by atoms with Gasteiger partial charge in [-0.05, 0) is 49.4 Å². The summed E-state index contributed by atoms with van der Waals surface area (Å²) in [5.74, 6) is 1.16. The molecule has 4 nitrogen and oxygen atoms in total. The van der Waals surface area contributed by atoms with Crippen LogP contribution in [0.1, 0.15) is 42.0 Å². The minimum atomic E-state index is -3.55. The van der Waals surface area contributed by atoms with E-state index in [1.165, 1.54) is 0 Å². The van der Waals surface area contributed by atoms with Gasteiger partial charge < -0.3 is 4.74 Å². The Bertz CT molecular complexity index is 819. The molecule has 0 radical (unpaired) electrons. The normalized spacial score (nSPS) is 11.8. The van der Waals surface area contributed by atoms with Gasteiger partial charge >= 0.3 is 0 Å². The molecule has 0 atom stereocenters. The van der Waals surface area contributed by atoms with Gasteiger partial charge in [0.25, 0.3) is 0 Å². The first-order valence-electron chi connectivity index (χ1n) is 8.51. The summed E-state index contributed by atoms with van der Waals surface area (Å²) in [5.41, 5.74) is 3.70. The smallest absolute Gasteiger partial charge is 0.241 e. The van der Waals surface area contributed by atoms with Crippen molar-refractivity contribution in [3.05, 3.63) is 58.7 Å². The molecule has 0 aliphatic heterocycles. The number of ether oxygens (including phenoxy) is 1. The van der Waals surface area contributed by atoms with Crippen molar-refractivity contribution in [2.45, 2.75) is 45.4 Å². The van der Waals surface area contributed by atoms with E-state index in [9.17, 15) is 8.42 Å². The molecular weight excluding hydrogens is 334 g/mol. The molecule has 0 fully saturated rings. The van der Waals surface area contributed by atoms with Crippen LogP contribution in [0.3, 0.4) is 0 Å². The largest absolute Gasteiger partial charge is 0.492 e. The molecular formula is C20H27NO3S. The topological polar surface area (TPSA) is 55.4 Å². The number of hydrogen-bond donors (Lipinski definition) is 1. The van der Waals surface area contributed by atoms with Crippen LogP contribution in [-0.2, 0) is 10.0 Å². The Kier molecular flexibility index (Phi) is 6.25. The van der Waals surface area contributed by atoms with Crippen LogP contribution in [0, 0.1) is 20.8 Å². The molecule has 0 saturated carbocycles. The number of para-hydroxylation sites is 1. The van der Waals surface area contributed by atoms with Gasteiger partial charge in [0.1, 0.15) is 12.4 Å². The summed E-state index contributed by atoms with van der Waals surface area (Å²) in [5, 5.41) is 0. The standard InChI is InChI=1S/C20H27NO3S/c1-14(2)18-8-6-7-9-19(18)24-11-10-21-25(22,23)20-16(4)12-15(3)13-17(20)5/h6-9,12-14,21H,10-11H2,1-5H3. The molecule has 136 valence electrons. The van der Waals surface area contributed by atoms with E-state index in [4.69, 9.17) is 4.74 Å². The first-order chi connectivity index (χ1) is 11.7. The fourth-order valence-corrected chi connectivity index (χ4v) is 4.55. The van der Waals surface area contributed by atoms with E-state index in [0.717, 1.165) is 28.0 Å². The average molecular weight is 362 g/mol. The van der Waals surface area contributed by atoms with Gasteiger partial charge in [0.15, 0.2) is 0 Å². The molecule has 0 heterocycles. The number of sulfonamides is 1. The zero-order chi connectivity index (χ0) is 18.6. The van der Waals surface area contributed by atoms with Crippen LogP contribution in [0.25, 0.3) is 0 Å². The summed E-state index contributed by atoms with van der Waals surface area (Å²) in [6.07, 6.45) is 0. The molecule has 1 N–H and O–H groups in total. The Morgan fingerprint density at radius 2 is 1.64 bits per heavy atom. The molecule has 0 aromatic heterocycles. The first-order valence-corrected chi connectivity index (χ1v) is 10.00. The number of hydrogen-bond acceptors (Lipinski definition) is 3. The van der Waals surface area contributed by atoms with Crippen LogP contribution in [0.2, 0.25) is 0 Å². The van der Waals surface area contributed by atoms with Gasteiger partial charge in [0, 0.05) is 6.54 Å². The van der Waals surface area contributed by atoms with Crippen LogP contribution >= 0.6 is 0 Å². The minimum Gasteiger partial charge on any atom is -0.492 e. The van der Waals surface area contributed by atoms with Gasteiger partial charge in [-0.3, -0.25) is 0 Å². The third-order valence-corrected chi connectivity index (χ3v) is 5.83. The third-order valence-electron chi connectivity index (χ3n) is 4.07. The SMILES string of the molecule is Cc1cc(C)c(S(=O)(=O)NCCOc2ccccc2C(C)C)c(C)c1. The maximum atomic E-state index is 12.6. The zero-order valence-electron chi connectivity index (χ0n) is 15.6. The average Bonchev–Trinajstić information content (AvgIpc) is 2.50. The maximum Gasteiger partial charge on any atom is 0.241 e. The molecule has 2 aromatic rings. The van der Waals surface area contributed by atoms with Gasteiger partial charge in [-0.1, -0.05) is 49.7 Å². The van der Waals surface area contributed by atoms with Gasteiger partial charge in [0.05, 0.1) is 4.90 Å². The maximum absolute atomic E-state index is 12.6. The fourth-order valence-electron chi connectivity index (χ4n) is 3.09. The summed E-state index contributed by atoms with van der Waals surface area (Å²) < 4.78 is 33.6. The Morgan fingerprint density at radius 1 is 1.04 bits per heavy atom. The third kappa shape index (κ3) is 4.83.